The van der Waals surface area contributed by atoms with Gasteiger partial charge in [0.25, 0.3) is 0 Å². The number of halogens is 1. The smallest absolute Gasteiger partial charge is 0.0719 e. The van der Waals surface area contributed by atoms with E-state index >= 15 is 0 Å². The van der Waals surface area contributed by atoms with Gasteiger partial charge in [-0.05, 0) is 24.1 Å². The number of hydrogen-bond donors (Lipinski definition) is 2. The third-order valence-electron chi connectivity index (χ3n) is 2.20. The third kappa shape index (κ3) is 1.75. The monoisotopic (exact) mass is 210 g/mol. The van der Waals surface area contributed by atoms with E-state index < -0.39 is 0 Å². The van der Waals surface area contributed by atoms with E-state index in [2.05, 4.69) is 9.82 Å². The van der Waals surface area contributed by atoms with Crippen molar-refractivity contribution in [2.45, 2.75) is 6.42 Å². The number of H-pyrrole nitrogens is 1. The fourth-order valence-electron chi connectivity index (χ4n) is 1.47. The predicted octanol–water partition coefficient (Wildman–Crippen LogP) is 2.25. The van der Waals surface area contributed by atoms with Crippen LogP contribution in [0.25, 0.3) is 10.9 Å². The number of rotatable bonds is 3. The number of benzene rings is 1. The summed E-state index contributed by atoms with van der Waals surface area (Å²) < 4.78 is 0. The van der Waals surface area contributed by atoms with Gasteiger partial charge in [-0.3, -0.25) is 0 Å². The Morgan fingerprint density at radius 1 is 1.43 bits per heavy atom. The summed E-state index contributed by atoms with van der Waals surface area (Å²) in [6, 6.07) is 6.09. The summed E-state index contributed by atoms with van der Waals surface area (Å²) in [5.74, 6) is 4.97. The van der Waals surface area contributed by atoms with Gasteiger partial charge in [-0.1, -0.05) is 17.7 Å². The molecule has 0 spiro atoms. The second-order valence-corrected chi connectivity index (χ2v) is 3.54. The molecule has 0 radical (unpaired) electrons. The highest BCUT2D eigenvalue weighted by molar-refractivity contribution is 6.35. The maximum atomic E-state index is 5.99. The molecule has 3 nitrogen and oxygen atoms in total. The van der Waals surface area contributed by atoms with Crippen LogP contribution in [0.3, 0.4) is 0 Å². The first-order valence-corrected chi connectivity index (χ1v) is 4.76. The average Bonchev–Trinajstić information content (AvgIpc) is 2.57. The second kappa shape index (κ2) is 4.00. The summed E-state index contributed by atoms with van der Waals surface area (Å²) in [5, 5.41) is 1.79. The van der Waals surface area contributed by atoms with Gasteiger partial charge < -0.3 is 9.82 Å². The van der Waals surface area contributed by atoms with Crippen molar-refractivity contribution in [3.63, 3.8) is 0 Å². The van der Waals surface area contributed by atoms with Crippen LogP contribution in [0.2, 0.25) is 5.02 Å². The molecule has 0 aliphatic heterocycles. The maximum Gasteiger partial charge on any atom is 0.0719 e. The lowest BCUT2D eigenvalue weighted by Crippen LogP contribution is -2.03. The fraction of sp³-hybridized carbons (Fsp3) is 0.200. The quantitative estimate of drug-likeness (QED) is 0.764. The van der Waals surface area contributed by atoms with Crippen LogP contribution in [0.1, 0.15) is 5.56 Å². The predicted molar refractivity (Wildman–Crippen MR) is 57.2 cm³/mol. The van der Waals surface area contributed by atoms with Gasteiger partial charge in [0.2, 0.25) is 0 Å². The van der Waals surface area contributed by atoms with Gasteiger partial charge in [0.05, 0.1) is 11.6 Å². The van der Waals surface area contributed by atoms with Crippen LogP contribution < -0.4 is 5.90 Å². The Bertz CT molecular complexity index is 439. The Hall–Kier alpha value is -1.03. The second-order valence-electron chi connectivity index (χ2n) is 3.14. The van der Waals surface area contributed by atoms with E-state index in [1.165, 1.54) is 5.56 Å². The molecule has 1 aromatic carbocycles. The molecule has 74 valence electrons. The highest BCUT2D eigenvalue weighted by Gasteiger charge is 2.01. The van der Waals surface area contributed by atoms with Crippen LogP contribution >= 0.6 is 11.6 Å². The lowest BCUT2D eigenvalue weighted by molar-refractivity contribution is 0.141. The number of hydrogen-bond acceptors (Lipinski definition) is 2. The largest absolute Gasteiger partial charge is 0.360 e. The van der Waals surface area contributed by atoms with Gasteiger partial charge in [0.15, 0.2) is 0 Å². The van der Waals surface area contributed by atoms with E-state index in [0.717, 1.165) is 22.3 Å². The SMILES string of the molecule is NOCCc1ccc2[nH]cc(Cl)c2c1. The Morgan fingerprint density at radius 2 is 2.29 bits per heavy atom. The molecule has 0 atom stereocenters. The fourth-order valence-corrected chi connectivity index (χ4v) is 1.68. The minimum atomic E-state index is 0.521. The van der Waals surface area contributed by atoms with Gasteiger partial charge in [-0.15, -0.1) is 0 Å². The lowest BCUT2D eigenvalue weighted by atomic mass is 10.1. The molecule has 0 unspecified atom stereocenters. The Labute approximate surface area is 86.8 Å². The van der Waals surface area contributed by atoms with Crippen molar-refractivity contribution >= 4 is 22.5 Å². The number of nitrogens with one attached hydrogen (secondary N) is 1. The van der Waals surface area contributed by atoms with E-state index in [9.17, 15) is 0 Å². The first-order chi connectivity index (χ1) is 6.81. The maximum absolute atomic E-state index is 5.99. The van der Waals surface area contributed by atoms with Crippen LogP contribution in [0, 0.1) is 0 Å². The van der Waals surface area contributed by atoms with Crippen molar-refractivity contribution in [3.05, 3.63) is 35.0 Å². The van der Waals surface area contributed by atoms with Gasteiger partial charge in [-0.25, -0.2) is 5.90 Å². The van der Waals surface area contributed by atoms with E-state index in [0.29, 0.717) is 6.61 Å². The van der Waals surface area contributed by atoms with Gasteiger partial charge in [0, 0.05) is 17.1 Å². The van der Waals surface area contributed by atoms with Crippen LogP contribution in [0.15, 0.2) is 24.4 Å². The highest BCUT2D eigenvalue weighted by atomic mass is 35.5. The number of nitrogens with two attached hydrogens (primary N) is 1. The zero-order valence-electron chi connectivity index (χ0n) is 7.59. The molecule has 4 heteroatoms. The van der Waals surface area contributed by atoms with E-state index in [1.807, 2.05) is 18.2 Å². The first-order valence-electron chi connectivity index (χ1n) is 4.38. The van der Waals surface area contributed by atoms with Crippen molar-refractivity contribution in [2.75, 3.05) is 6.61 Å². The molecule has 2 aromatic rings. The normalized spacial score (nSPS) is 11.0. The van der Waals surface area contributed by atoms with Gasteiger partial charge >= 0.3 is 0 Å². The Kier molecular flexibility index (Phi) is 2.72. The van der Waals surface area contributed by atoms with Gasteiger partial charge in [-0.2, -0.15) is 0 Å². The number of aromatic amines is 1. The van der Waals surface area contributed by atoms with Gasteiger partial charge in [0.1, 0.15) is 0 Å². The minimum absolute atomic E-state index is 0.521. The van der Waals surface area contributed by atoms with E-state index in [1.54, 1.807) is 6.20 Å². The molecule has 14 heavy (non-hydrogen) atoms. The molecule has 0 aliphatic rings. The Balaban J connectivity index is 2.34. The van der Waals surface area contributed by atoms with Crippen LogP contribution in [-0.2, 0) is 11.3 Å². The standard InChI is InChI=1S/C10H11ClN2O/c11-9-6-13-10-2-1-7(3-4-14-12)5-8(9)10/h1-2,5-6,13H,3-4,12H2. The van der Waals surface area contributed by atoms with Crippen molar-refractivity contribution in [2.24, 2.45) is 5.90 Å². The Morgan fingerprint density at radius 3 is 3.07 bits per heavy atom. The summed E-state index contributed by atoms with van der Waals surface area (Å²) in [5.41, 5.74) is 2.22. The zero-order chi connectivity index (χ0) is 9.97. The van der Waals surface area contributed by atoms with Crippen molar-refractivity contribution < 1.29 is 4.84 Å². The lowest BCUT2D eigenvalue weighted by Gasteiger charge is -2.00. The van der Waals surface area contributed by atoms with Crippen LogP contribution in [-0.4, -0.2) is 11.6 Å². The molecule has 1 aromatic heterocycles. The molecular weight excluding hydrogens is 200 g/mol. The van der Waals surface area contributed by atoms with E-state index in [-0.39, 0.29) is 0 Å². The summed E-state index contributed by atoms with van der Waals surface area (Å²) in [7, 11) is 0. The molecule has 0 saturated carbocycles. The summed E-state index contributed by atoms with van der Waals surface area (Å²) >= 11 is 5.99. The summed E-state index contributed by atoms with van der Waals surface area (Å²) in [6.45, 7) is 0.521. The van der Waals surface area contributed by atoms with Crippen molar-refractivity contribution in [1.29, 1.82) is 0 Å². The molecule has 0 fully saturated rings. The first kappa shape index (κ1) is 9.52. The van der Waals surface area contributed by atoms with Crippen molar-refractivity contribution in [3.8, 4) is 0 Å². The summed E-state index contributed by atoms with van der Waals surface area (Å²) in [4.78, 5) is 7.61. The van der Waals surface area contributed by atoms with Crippen molar-refractivity contribution in [1.82, 2.24) is 4.98 Å². The minimum Gasteiger partial charge on any atom is -0.360 e. The zero-order valence-corrected chi connectivity index (χ0v) is 8.34. The molecule has 0 saturated heterocycles. The topological polar surface area (TPSA) is 51.0 Å². The number of aromatic nitrogens is 1. The molecule has 3 N–H and O–H groups in total. The molecule has 0 amide bonds. The molecule has 0 bridgehead atoms. The molecular formula is C10H11ClN2O. The highest BCUT2D eigenvalue weighted by Crippen LogP contribution is 2.23. The third-order valence-corrected chi connectivity index (χ3v) is 2.52. The number of fused-ring (bicyclic) bond motifs is 1. The molecule has 1 heterocycles. The molecule has 2 rings (SSSR count). The van der Waals surface area contributed by atoms with Crippen LogP contribution in [0.5, 0.6) is 0 Å². The van der Waals surface area contributed by atoms with Crippen LogP contribution in [0.4, 0.5) is 0 Å². The molecule has 0 aliphatic carbocycles. The average molecular weight is 211 g/mol. The van der Waals surface area contributed by atoms with E-state index in [4.69, 9.17) is 17.5 Å². The summed E-state index contributed by atoms with van der Waals surface area (Å²) in [6.07, 6.45) is 2.59.